The number of aliphatic hydroxyl groups excluding tert-OH is 1. The van der Waals surface area contributed by atoms with Crippen LogP contribution in [0.4, 0.5) is 8.78 Å². The summed E-state index contributed by atoms with van der Waals surface area (Å²) in [5.74, 6) is -1.70. The number of fused-ring (bicyclic) bond motifs is 1. The highest BCUT2D eigenvalue weighted by Crippen LogP contribution is 2.40. The van der Waals surface area contributed by atoms with Gasteiger partial charge < -0.3 is 20.1 Å². The van der Waals surface area contributed by atoms with Gasteiger partial charge in [-0.15, -0.1) is 0 Å². The topological polar surface area (TPSA) is 113 Å². The van der Waals surface area contributed by atoms with Gasteiger partial charge in [0.2, 0.25) is 5.43 Å². The normalized spacial score (nSPS) is 18.2. The van der Waals surface area contributed by atoms with Gasteiger partial charge in [-0.3, -0.25) is 19.9 Å². The average molecular weight is 582 g/mol. The van der Waals surface area contributed by atoms with Gasteiger partial charge in [0.15, 0.2) is 0 Å². The second-order valence-corrected chi connectivity index (χ2v) is 10.7. The molecule has 1 aromatic heterocycles. The molecule has 13 heteroatoms. The molecule has 2 aliphatic rings. The number of halogens is 4. The third-order valence-electron chi connectivity index (χ3n) is 6.97. The number of aromatic nitrogens is 1. The number of rotatable bonds is 8. The standard InChI is InChI=1S/C26H27Cl2F2N5O4/c27-19-2-1-16(9-21(19)29)39-14-15(36)12-33-5-7-34(8-6-33)32-25(38)18-13-35(26(31)3-4-26)23-11-20(28)22(30)10-17(23)24(18)37/h1-2,9-11,13,15,36H,3-8,12,14,31H2,(H,32,38)/t15-/m0/s1. The summed E-state index contributed by atoms with van der Waals surface area (Å²) < 4.78 is 34.8. The van der Waals surface area contributed by atoms with Gasteiger partial charge in [0, 0.05) is 50.4 Å². The second kappa shape index (κ2) is 11.0. The highest BCUT2D eigenvalue weighted by Gasteiger charge is 2.41. The van der Waals surface area contributed by atoms with Crippen molar-refractivity contribution in [1.29, 1.82) is 0 Å². The molecule has 1 aliphatic heterocycles. The SMILES string of the molecule is NC1(n2cc(C(=O)NN3CCN(C[C@H](O)COc4ccc(Cl)c(F)c4)CC3)c(=O)c3cc(F)c(Cl)cc32)CC1. The Balaban J connectivity index is 1.19. The first-order valence-electron chi connectivity index (χ1n) is 12.4. The van der Waals surface area contributed by atoms with E-state index in [4.69, 9.17) is 33.7 Å². The van der Waals surface area contributed by atoms with Gasteiger partial charge in [0.25, 0.3) is 5.91 Å². The molecule has 1 aliphatic carbocycles. The van der Waals surface area contributed by atoms with Crippen LogP contribution in [0.15, 0.2) is 41.3 Å². The lowest BCUT2D eigenvalue weighted by molar-refractivity contribution is 0.0316. The summed E-state index contributed by atoms with van der Waals surface area (Å²) in [4.78, 5) is 28.3. The van der Waals surface area contributed by atoms with E-state index in [1.807, 2.05) is 4.90 Å². The Kier molecular flexibility index (Phi) is 7.82. The Hall–Kier alpha value is -2.80. The Morgan fingerprint density at radius 1 is 1.10 bits per heavy atom. The average Bonchev–Trinajstić information content (AvgIpc) is 3.65. The van der Waals surface area contributed by atoms with E-state index in [-0.39, 0.29) is 33.4 Å². The van der Waals surface area contributed by atoms with Crippen molar-refractivity contribution < 1.29 is 23.4 Å². The summed E-state index contributed by atoms with van der Waals surface area (Å²) in [6, 6.07) is 6.45. The van der Waals surface area contributed by atoms with Crippen LogP contribution >= 0.6 is 23.2 Å². The van der Waals surface area contributed by atoms with Crippen LogP contribution in [0.2, 0.25) is 10.0 Å². The molecule has 0 bridgehead atoms. The van der Waals surface area contributed by atoms with Gasteiger partial charge in [-0.1, -0.05) is 23.2 Å². The van der Waals surface area contributed by atoms with Crippen molar-refractivity contribution >= 4 is 40.0 Å². The predicted octanol–water partition coefficient (Wildman–Crippen LogP) is 2.69. The van der Waals surface area contributed by atoms with Crippen molar-refractivity contribution in [3.8, 4) is 5.75 Å². The predicted molar refractivity (Wildman–Crippen MR) is 143 cm³/mol. The van der Waals surface area contributed by atoms with E-state index in [2.05, 4.69) is 5.43 Å². The van der Waals surface area contributed by atoms with Crippen LogP contribution in [-0.2, 0) is 5.66 Å². The van der Waals surface area contributed by atoms with Gasteiger partial charge >= 0.3 is 0 Å². The Morgan fingerprint density at radius 3 is 2.46 bits per heavy atom. The van der Waals surface area contributed by atoms with Gasteiger partial charge in [-0.25, -0.2) is 13.8 Å². The number of nitrogens with zero attached hydrogens (tertiary/aromatic N) is 3. The molecule has 39 heavy (non-hydrogen) atoms. The van der Waals surface area contributed by atoms with Crippen LogP contribution in [0.1, 0.15) is 23.2 Å². The number of hydrazine groups is 1. The van der Waals surface area contributed by atoms with Gasteiger partial charge in [0.05, 0.1) is 21.2 Å². The largest absolute Gasteiger partial charge is 0.491 e. The summed E-state index contributed by atoms with van der Waals surface area (Å²) in [5.41, 5.74) is 7.99. The number of nitrogens with two attached hydrogens (primary N) is 1. The lowest BCUT2D eigenvalue weighted by atomic mass is 10.1. The van der Waals surface area contributed by atoms with Crippen molar-refractivity contribution in [2.24, 2.45) is 5.73 Å². The van der Waals surface area contributed by atoms with E-state index < -0.39 is 34.7 Å². The number of aliphatic hydroxyl groups is 1. The third-order valence-corrected chi connectivity index (χ3v) is 7.56. The third kappa shape index (κ3) is 6.03. The molecule has 9 nitrogen and oxygen atoms in total. The molecule has 208 valence electrons. The minimum atomic E-state index is -0.819. The summed E-state index contributed by atoms with van der Waals surface area (Å²) in [6.45, 7) is 2.23. The highest BCUT2D eigenvalue weighted by atomic mass is 35.5. The maximum atomic E-state index is 14.2. The maximum absolute atomic E-state index is 14.2. The van der Waals surface area contributed by atoms with Crippen LogP contribution in [0.25, 0.3) is 10.9 Å². The molecule has 0 spiro atoms. The number of pyridine rings is 1. The van der Waals surface area contributed by atoms with E-state index in [1.54, 1.807) is 9.58 Å². The van der Waals surface area contributed by atoms with Gasteiger partial charge in [-0.2, -0.15) is 0 Å². The number of hydrogen-bond donors (Lipinski definition) is 3. The molecule has 5 rings (SSSR count). The zero-order valence-electron chi connectivity index (χ0n) is 20.8. The zero-order chi connectivity index (χ0) is 27.9. The molecule has 1 saturated heterocycles. The number of benzene rings is 2. The van der Waals surface area contributed by atoms with Crippen molar-refractivity contribution in [1.82, 2.24) is 19.9 Å². The first-order valence-corrected chi connectivity index (χ1v) is 13.2. The molecule has 2 aromatic carbocycles. The molecule has 4 N–H and O–H groups in total. The van der Waals surface area contributed by atoms with Gasteiger partial charge in [0.1, 0.15) is 35.7 Å². The number of carbonyl (C=O) groups excluding carboxylic acids is 1. The molecule has 0 radical (unpaired) electrons. The molecule has 2 heterocycles. The van der Waals surface area contributed by atoms with E-state index in [0.29, 0.717) is 51.1 Å². The smallest absolute Gasteiger partial charge is 0.271 e. The van der Waals surface area contributed by atoms with Crippen molar-refractivity contribution in [3.63, 3.8) is 0 Å². The van der Waals surface area contributed by atoms with E-state index >= 15 is 0 Å². The summed E-state index contributed by atoms with van der Waals surface area (Å²) in [7, 11) is 0. The molecular formula is C26H27Cl2F2N5O4. The Labute approximate surface area is 232 Å². The molecule has 1 atom stereocenters. The first kappa shape index (κ1) is 27.8. The number of carbonyl (C=O) groups is 1. The molecule has 1 amide bonds. The fourth-order valence-corrected chi connectivity index (χ4v) is 4.85. The zero-order valence-corrected chi connectivity index (χ0v) is 22.3. The molecular weight excluding hydrogens is 555 g/mol. The monoisotopic (exact) mass is 581 g/mol. The summed E-state index contributed by atoms with van der Waals surface area (Å²) in [6.07, 6.45) is 1.90. The molecule has 3 aromatic rings. The van der Waals surface area contributed by atoms with Crippen molar-refractivity contribution in [2.75, 3.05) is 39.3 Å². The number of piperazine rings is 1. The highest BCUT2D eigenvalue weighted by molar-refractivity contribution is 6.31. The number of nitrogens with one attached hydrogen (secondary N) is 1. The number of β-amino-alcohol motifs (C(OH)–C–C–N with tert-alkyl or cyclic N) is 1. The van der Waals surface area contributed by atoms with Crippen molar-refractivity contribution in [2.45, 2.75) is 24.6 Å². The molecule has 1 saturated carbocycles. The van der Waals surface area contributed by atoms with E-state index in [9.17, 15) is 23.5 Å². The van der Waals surface area contributed by atoms with Crippen LogP contribution < -0.4 is 21.3 Å². The fourth-order valence-electron chi connectivity index (χ4n) is 4.57. The van der Waals surface area contributed by atoms with Crippen LogP contribution in [0.5, 0.6) is 5.75 Å². The number of ether oxygens (including phenoxy) is 1. The Morgan fingerprint density at radius 2 is 1.79 bits per heavy atom. The van der Waals surface area contributed by atoms with Crippen LogP contribution in [0, 0.1) is 11.6 Å². The second-order valence-electron chi connectivity index (χ2n) is 9.90. The van der Waals surface area contributed by atoms with E-state index in [0.717, 1.165) is 12.1 Å². The van der Waals surface area contributed by atoms with Crippen LogP contribution in [-0.4, -0.2) is 70.9 Å². The first-order chi connectivity index (χ1) is 18.5. The lowest BCUT2D eigenvalue weighted by Gasteiger charge is -2.35. The van der Waals surface area contributed by atoms with E-state index in [1.165, 1.54) is 24.4 Å². The molecule has 0 unspecified atom stereocenters. The minimum Gasteiger partial charge on any atom is -0.491 e. The quantitative estimate of drug-likeness (QED) is 0.375. The lowest BCUT2D eigenvalue weighted by Crippen LogP contribution is -2.55. The van der Waals surface area contributed by atoms with Crippen molar-refractivity contribution in [3.05, 3.63) is 74.0 Å². The number of hydrogen-bond acceptors (Lipinski definition) is 7. The van der Waals surface area contributed by atoms with Crippen LogP contribution in [0.3, 0.4) is 0 Å². The Bertz CT molecular complexity index is 1470. The molecule has 2 fully saturated rings. The van der Waals surface area contributed by atoms with Gasteiger partial charge in [-0.05, 0) is 37.1 Å². The maximum Gasteiger partial charge on any atom is 0.271 e. The minimum absolute atomic E-state index is 0.0100. The number of amides is 1. The fraction of sp³-hybridized carbons (Fsp3) is 0.385. The summed E-state index contributed by atoms with van der Waals surface area (Å²) >= 11 is 11.6. The summed E-state index contributed by atoms with van der Waals surface area (Å²) in [5, 5.41) is 11.9.